The molecule has 0 saturated carbocycles. The molecule has 0 bridgehead atoms. The van der Waals surface area contributed by atoms with Crippen LogP contribution in [0.15, 0.2) is 29.3 Å². The Morgan fingerprint density at radius 1 is 1.31 bits per heavy atom. The molecule has 1 atom stereocenters. The van der Waals surface area contributed by atoms with Gasteiger partial charge in [0.1, 0.15) is 10.7 Å². The second-order valence-electron chi connectivity index (χ2n) is 7.15. The lowest BCUT2D eigenvalue weighted by molar-refractivity contribution is 0.509. The molecule has 0 unspecified atom stereocenters. The highest BCUT2D eigenvalue weighted by Gasteiger charge is 2.25. The van der Waals surface area contributed by atoms with E-state index in [0.717, 1.165) is 34.3 Å². The minimum absolute atomic E-state index is 0.132. The van der Waals surface area contributed by atoms with Crippen molar-refractivity contribution in [2.75, 3.05) is 0 Å². The van der Waals surface area contributed by atoms with Gasteiger partial charge in [0.05, 0.1) is 11.9 Å². The maximum Gasteiger partial charge on any atom is 0.352 e. The largest absolute Gasteiger partial charge is 0.352 e. The first-order chi connectivity index (χ1) is 12.6. The zero-order valence-corrected chi connectivity index (χ0v) is 15.6. The second kappa shape index (κ2) is 5.74. The van der Waals surface area contributed by atoms with Gasteiger partial charge in [-0.25, -0.2) is 18.9 Å². The zero-order valence-electron chi connectivity index (χ0n) is 14.8. The van der Waals surface area contributed by atoms with Gasteiger partial charge in [0.2, 0.25) is 0 Å². The lowest BCUT2D eigenvalue weighted by atomic mass is 9.89. The van der Waals surface area contributed by atoms with Crippen LogP contribution < -0.4 is 5.69 Å². The summed E-state index contributed by atoms with van der Waals surface area (Å²) in [6.07, 6.45) is 6.79. The van der Waals surface area contributed by atoms with Crippen LogP contribution in [-0.4, -0.2) is 24.1 Å². The molecule has 0 amide bonds. The Bertz CT molecular complexity index is 1190. The smallest absolute Gasteiger partial charge is 0.265 e. The molecule has 0 aliphatic heterocycles. The van der Waals surface area contributed by atoms with Gasteiger partial charge in [0.15, 0.2) is 5.65 Å². The maximum atomic E-state index is 13.0. The summed E-state index contributed by atoms with van der Waals surface area (Å²) in [7, 11) is 0. The minimum atomic E-state index is -0.132. The summed E-state index contributed by atoms with van der Waals surface area (Å²) in [5.74, 6) is 1.41. The lowest BCUT2D eigenvalue weighted by Crippen LogP contribution is -2.23. The number of thiophene rings is 1. The molecule has 1 aliphatic rings. The maximum absolute atomic E-state index is 13.0. The van der Waals surface area contributed by atoms with Gasteiger partial charge in [-0.3, -0.25) is 4.98 Å². The molecule has 1 aliphatic carbocycles. The Morgan fingerprint density at radius 2 is 2.12 bits per heavy atom. The normalized spacial score (nSPS) is 17.1. The van der Waals surface area contributed by atoms with Crippen LogP contribution in [0.25, 0.3) is 15.9 Å². The Hall–Kier alpha value is -2.54. The SMILES string of the molecule is Cc1nc2sc3c(c2c2nn(Cc4ccncc4)c(=O)n12)CC[C@@H](C)C3. The number of fused-ring (bicyclic) bond motifs is 5. The fourth-order valence-corrected chi connectivity index (χ4v) is 5.29. The lowest BCUT2D eigenvalue weighted by Gasteiger charge is -2.17. The standard InChI is InChI=1S/C19H19N5OS/c1-11-3-4-14-15(9-11)26-18-16(14)17-22-23(10-13-5-7-20-8-6-13)19(25)24(17)12(2)21-18/h5-8,11H,3-4,9-10H2,1-2H3/t11-/m1/s1. The molecule has 0 radical (unpaired) electrons. The molecule has 4 heterocycles. The predicted molar refractivity (Wildman–Crippen MR) is 102 cm³/mol. The van der Waals surface area contributed by atoms with Crippen LogP contribution in [0.1, 0.15) is 35.2 Å². The number of aromatic nitrogens is 5. The molecule has 6 nitrogen and oxygen atoms in total. The van der Waals surface area contributed by atoms with E-state index in [1.54, 1.807) is 28.1 Å². The first-order valence-corrected chi connectivity index (χ1v) is 9.73. The molecule has 26 heavy (non-hydrogen) atoms. The quantitative estimate of drug-likeness (QED) is 0.548. The van der Waals surface area contributed by atoms with Crippen molar-refractivity contribution in [2.45, 2.75) is 39.7 Å². The zero-order chi connectivity index (χ0) is 17.8. The Balaban J connectivity index is 1.76. The summed E-state index contributed by atoms with van der Waals surface area (Å²) < 4.78 is 3.20. The first-order valence-electron chi connectivity index (χ1n) is 8.91. The summed E-state index contributed by atoms with van der Waals surface area (Å²) in [5, 5.41) is 5.79. The van der Waals surface area contributed by atoms with Crippen molar-refractivity contribution < 1.29 is 0 Å². The Labute approximate surface area is 154 Å². The molecule has 4 aromatic rings. The van der Waals surface area contributed by atoms with E-state index < -0.39 is 0 Å². The molecule has 0 N–H and O–H groups in total. The fourth-order valence-electron chi connectivity index (χ4n) is 3.87. The van der Waals surface area contributed by atoms with E-state index in [4.69, 9.17) is 10.1 Å². The summed E-state index contributed by atoms with van der Waals surface area (Å²) >= 11 is 1.77. The number of nitrogens with zero attached hydrogens (tertiary/aromatic N) is 5. The second-order valence-corrected chi connectivity index (χ2v) is 8.23. The van der Waals surface area contributed by atoms with E-state index in [9.17, 15) is 4.79 Å². The molecular weight excluding hydrogens is 346 g/mol. The van der Waals surface area contributed by atoms with Crippen molar-refractivity contribution >= 4 is 27.2 Å². The molecule has 132 valence electrons. The predicted octanol–water partition coefficient (Wildman–Crippen LogP) is 2.98. The number of rotatable bonds is 2. The van der Waals surface area contributed by atoms with Crippen LogP contribution in [0.3, 0.4) is 0 Å². The third kappa shape index (κ3) is 2.30. The highest BCUT2D eigenvalue weighted by molar-refractivity contribution is 7.19. The summed E-state index contributed by atoms with van der Waals surface area (Å²) in [5.41, 5.74) is 2.97. The van der Waals surface area contributed by atoms with Crippen molar-refractivity contribution in [3.8, 4) is 0 Å². The molecule has 0 aromatic carbocycles. The molecule has 5 rings (SSSR count). The van der Waals surface area contributed by atoms with Gasteiger partial charge in [0.25, 0.3) is 0 Å². The summed E-state index contributed by atoms with van der Waals surface area (Å²) in [6, 6.07) is 3.82. The van der Waals surface area contributed by atoms with E-state index in [-0.39, 0.29) is 5.69 Å². The number of pyridine rings is 1. The molecular formula is C19H19N5OS. The molecule has 0 spiro atoms. The highest BCUT2D eigenvalue weighted by Crippen LogP contribution is 2.38. The summed E-state index contributed by atoms with van der Waals surface area (Å²) in [4.78, 5) is 24.1. The average Bonchev–Trinajstić information content (AvgIpc) is 3.13. The Morgan fingerprint density at radius 3 is 2.92 bits per heavy atom. The van der Waals surface area contributed by atoms with Crippen molar-refractivity contribution in [1.29, 1.82) is 0 Å². The molecule has 7 heteroatoms. The third-order valence-electron chi connectivity index (χ3n) is 5.22. The van der Waals surface area contributed by atoms with Crippen molar-refractivity contribution in [3.63, 3.8) is 0 Å². The van der Waals surface area contributed by atoms with E-state index in [1.807, 2.05) is 19.1 Å². The van der Waals surface area contributed by atoms with Crippen LogP contribution in [0.5, 0.6) is 0 Å². The van der Waals surface area contributed by atoms with Crippen molar-refractivity contribution in [2.24, 2.45) is 5.92 Å². The van der Waals surface area contributed by atoms with Gasteiger partial charge in [0, 0.05) is 17.3 Å². The van der Waals surface area contributed by atoms with Crippen LogP contribution in [0.4, 0.5) is 0 Å². The monoisotopic (exact) mass is 365 g/mol. The van der Waals surface area contributed by atoms with Crippen LogP contribution in [0.2, 0.25) is 0 Å². The fraction of sp³-hybridized carbons (Fsp3) is 0.368. The van der Waals surface area contributed by atoms with E-state index in [2.05, 4.69) is 11.9 Å². The van der Waals surface area contributed by atoms with E-state index in [1.165, 1.54) is 21.5 Å². The van der Waals surface area contributed by atoms with Crippen LogP contribution >= 0.6 is 11.3 Å². The average molecular weight is 365 g/mol. The number of hydrogen-bond donors (Lipinski definition) is 0. The van der Waals surface area contributed by atoms with Crippen LogP contribution in [-0.2, 0) is 19.4 Å². The van der Waals surface area contributed by atoms with Crippen molar-refractivity contribution in [1.82, 2.24) is 24.1 Å². The topological polar surface area (TPSA) is 65.1 Å². The van der Waals surface area contributed by atoms with E-state index in [0.29, 0.717) is 18.3 Å². The van der Waals surface area contributed by atoms with E-state index >= 15 is 0 Å². The Kier molecular flexibility index (Phi) is 3.46. The van der Waals surface area contributed by atoms with Gasteiger partial charge in [-0.05, 0) is 55.4 Å². The van der Waals surface area contributed by atoms with Gasteiger partial charge in [-0.2, -0.15) is 0 Å². The van der Waals surface area contributed by atoms with Gasteiger partial charge in [-0.15, -0.1) is 16.4 Å². The van der Waals surface area contributed by atoms with Gasteiger partial charge < -0.3 is 0 Å². The molecule has 0 saturated heterocycles. The van der Waals surface area contributed by atoms with Crippen molar-refractivity contribution in [3.05, 3.63) is 56.8 Å². The first kappa shape index (κ1) is 15.7. The molecule has 0 fully saturated rings. The summed E-state index contributed by atoms with van der Waals surface area (Å²) in [6.45, 7) is 4.62. The van der Waals surface area contributed by atoms with Gasteiger partial charge >= 0.3 is 5.69 Å². The van der Waals surface area contributed by atoms with Gasteiger partial charge in [-0.1, -0.05) is 6.92 Å². The number of hydrogen-bond acceptors (Lipinski definition) is 5. The number of aryl methyl sites for hydroxylation is 2. The van der Waals surface area contributed by atoms with Crippen LogP contribution in [0, 0.1) is 12.8 Å². The minimum Gasteiger partial charge on any atom is -0.265 e. The third-order valence-corrected chi connectivity index (χ3v) is 6.37. The molecule has 4 aromatic heterocycles. The highest BCUT2D eigenvalue weighted by atomic mass is 32.1.